The third-order valence-electron chi connectivity index (χ3n) is 4.93. The Labute approximate surface area is 122 Å². The number of ether oxygens (including phenoxy) is 1. The Morgan fingerprint density at radius 3 is 2.55 bits per heavy atom. The van der Waals surface area contributed by atoms with Crippen LogP contribution in [0.2, 0.25) is 0 Å². The lowest BCUT2D eigenvalue weighted by atomic mass is 10.1. The van der Waals surface area contributed by atoms with Crippen molar-refractivity contribution in [2.45, 2.75) is 63.5 Å². The molecule has 0 bridgehead atoms. The van der Waals surface area contributed by atoms with Gasteiger partial charge in [0.1, 0.15) is 0 Å². The highest BCUT2D eigenvalue weighted by Gasteiger charge is 2.29. The zero-order valence-corrected chi connectivity index (χ0v) is 12.5. The van der Waals surface area contributed by atoms with Gasteiger partial charge in [-0.25, -0.2) is 0 Å². The van der Waals surface area contributed by atoms with Crippen LogP contribution in [0.5, 0.6) is 0 Å². The molecule has 1 atom stereocenters. The number of amides is 1. The van der Waals surface area contributed by atoms with E-state index in [-0.39, 0.29) is 5.91 Å². The fourth-order valence-corrected chi connectivity index (χ4v) is 3.48. The van der Waals surface area contributed by atoms with E-state index in [0.29, 0.717) is 18.7 Å². The van der Waals surface area contributed by atoms with Crippen molar-refractivity contribution in [3.8, 4) is 0 Å². The van der Waals surface area contributed by atoms with Crippen molar-refractivity contribution in [3.05, 3.63) is 0 Å². The van der Waals surface area contributed by atoms with E-state index in [1.807, 2.05) is 0 Å². The summed E-state index contributed by atoms with van der Waals surface area (Å²) < 4.78 is 5.76. The maximum Gasteiger partial charge on any atom is 0.234 e. The molecule has 2 saturated carbocycles. The number of nitrogens with zero attached hydrogens (tertiary/aromatic N) is 1. The molecule has 1 N–H and O–H groups in total. The molecule has 1 amide bonds. The van der Waals surface area contributed by atoms with Crippen LogP contribution in [0.4, 0.5) is 0 Å². The predicted octanol–water partition coefficient (Wildman–Crippen LogP) is 1.94. The molecule has 0 radical (unpaired) electrons. The molecule has 0 spiro atoms. The summed E-state index contributed by atoms with van der Waals surface area (Å²) in [5, 5.41) is 3.10. The first kappa shape index (κ1) is 14.3. The molecule has 3 fully saturated rings. The van der Waals surface area contributed by atoms with Gasteiger partial charge < -0.3 is 10.1 Å². The minimum Gasteiger partial charge on any atom is -0.377 e. The molecular weight excluding hydrogens is 252 g/mol. The van der Waals surface area contributed by atoms with Gasteiger partial charge in [0, 0.05) is 25.7 Å². The summed E-state index contributed by atoms with van der Waals surface area (Å²) in [6, 6.07) is 0.603. The van der Waals surface area contributed by atoms with Crippen LogP contribution in [-0.2, 0) is 9.53 Å². The van der Waals surface area contributed by atoms with Gasteiger partial charge in [-0.15, -0.1) is 0 Å². The van der Waals surface area contributed by atoms with Gasteiger partial charge >= 0.3 is 0 Å². The second-order valence-corrected chi connectivity index (χ2v) is 6.75. The third kappa shape index (κ3) is 4.19. The zero-order valence-electron chi connectivity index (χ0n) is 12.5. The molecule has 1 unspecified atom stereocenters. The average molecular weight is 280 g/mol. The Morgan fingerprint density at radius 1 is 1.10 bits per heavy atom. The van der Waals surface area contributed by atoms with E-state index < -0.39 is 0 Å². The Bertz CT molecular complexity index is 318. The first-order chi connectivity index (χ1) is 9.81. The average Bonchev–Trinajstić information content (AvgIpc) is 2.93. The van der Waals surface area contributed by atoms with Gasteiger partial charge in [-0.1, -0.05) is 12.8 Å². The largest absolute Gasteiger partial charge is 0.377 e. The molecule has 1 heterocycles. The highest BCUT2D eigenvalue weighted by atomic mass is 16.5. The molecule has 1 aliphatic heterocycles. The maximum absolute atomic E-state index is 12.1. The second kappa shape index (κ2) is 6.90. The first-order valence-electron chi connectivity index (χ1n) is 8.43. The number of nitrogens with one attached hydrogen (secondary N) is 1. The summed E-state index contributed by atoms with van der Waals surface area (Å²) >= 11 is 0. The number of carbonyl (C=O) groups is 1. The summed E-state index contributed by atoms with van der Waals surface area (Å²) in [6.45, 7) is 3.30. The number of carbonyl (C=O) groups excluding carboxylic acids is 1. The fourth-order valence-electron chi connectivity index (χ4n) is 3.48. The van der Waals surface area contributed by atoms with Crippen molar-refractivity contribution in [2.24, 2.45) is 5.92 Å². The van der Waals surface area contributed by atoms with Crippen LogP contribution in [0.1, 0.15) is 51.4 Å². The van der Waals surface area contributed by atoms with Crippen molar-refractivity contribution in [1.82, 2.24) is 10.2 Å². The van der Waals surface area contributed by atoms with Crippen LogP contribution in [-0.4, -0.2) is 49.2 Å². The highest BCUT2D eigenvalue weighted by molar-refractivity contribution is 5.78. The van der Waals surface area contributed by atoms with E-state index in [1.165, 1.54) is 44.9 Å². The smallest absolute Gasteiger partial charge is 0.234 e. The normalized spacial score (nSPS) is 27.4. The molecule has 2 aliphatic carbocycles. The van der Waals surface area contributed by atoms with Crippen molar-refractivity contribution in [1.29, 1.82) is 0 Å². The SMILES string of the molecule is O=C(CN(CC1CCCO1)C1CCCC1)NCC1CC1. The molecule has 1 saturated heterocycles. The lowest BCUT2D eigenvalue weighted by molar-refractivity contribution is -0.123. The summed E-state index contributed by atoms with van der Waals surface area (Å²) in [7, 11) is 0. The van der Waals surface area contributed by atoms with Crippen LogP contribution >= 0.6 is 0 Å². The number of rotatable bonds is 7. The molecule has 0 aromatic rings. The van der Waals surface area contributed by atoms with E-state index >= 15 is 0 Å². The number of hydrogen-bond acceptors (Lipinski definition) is 3. The highest BCUT2D eigenvalue weighted by Crippen LogP contribution is 2.28. The van der Waals surface area contributed by atoms with Gasteiger partial charge in [0.2, 0.25) is 5.91 Å². The Kier molecular flexibility index (Phi) is 4.94. The lowest BCUT2D eigenvalue weighted by Gasteiger charge is -2.30. The fraction of sp³-hybridized carbons (Fsp3) is 0.938. The van der Waals surface area contributed by atoms with Crippen molar-refractivity contribution < 1.29 is 9.53 Å². The summed E-state index contributed by atoms with van der Waals surface area (Å²) in [5.41, 5.74) is 0. The summed E-state index contributed by atoms with van der Waals surface area (Å²) in [4.78, 5) is 14.5. The molecule has 0 aromatic carbocycles. The van der Waals surface area contributed by atoms with Crippen LogP contribution in [0.25, 0.3) is 0 Å². The zero-order chi connectivity index (χ0) is 13.8. The van der Waals surface area contributed by atoms with E-state index in [0.717, 1.165) is 32.0 Å². The quantitative estimate of drug-likeness (QED) is 0.775. The third-order valence-corrected chi connectivity index (χ3v) is 4.93. The maximum atomic E-state index is 12.1. The molecule has 3 rings (SSSR count). The molecule has 20 heavy (non-hydrogen) atoms. The van der Waals surface area contributed by atoms with Crippen LogP contribution < -0.4 is 5.32 Å². The Morgan fingerprint density at radius 2 is 1.90 bits per heavy atom. The first-order valence-corrected chi connectivity index (χ1v) is 8.43. The van der Waals surface area contributed by atoms with Gasteiger partial charge in [-0.05, 0) is 44.4 Å². The van der Waals surface area contributed by atoms with Crippen LogP contribution in [0.3, 0.4) is 0 Å². The van der Waals surface area contributed by atoms with E-state index in [9.17, 15) is 4.79 Å². The minimum absolute atomic E-state index is 0.210. The topological polar surface area (TPSA) is 41.6 Å². The molecule has 4 heteroatoms. The second-order valence-electron chi connectivity index (χ2n) is 6.75. The molecular formula is C16H28N2O2. The van der Waals surface area contributed by atoms with Gasteiger partial charge in [0.05, 0.1) is 12.6 Å². The van der Waals surface area contributed by atoms with E-state index in [1.54, 1.807) is 0 Å². The minimum atomic E-state index is 0.210. The standard InChI is InChI=1S/C16H28N2O2/c19-16(17-10-13-7-8-13)12-18(14-4-1-2-5-14)11-15-6-3-9-20-15/h13-15H,1-12H2,(H,17,19). The number of hydrogen-bond donors (Lipinski definition) is 1. The molecule has 0 aromatic heterocycles. The Balaban J connectivity index is 1.48. The predicted molar refractivity (Wildman–Crippen MR) is 78.5 cm³/mol. The molecule has 3 aliphatic rings. The van der Waals surface area contributed by atoms with Gasteiger partial charge in [0.15, 0.2) is 0 Å². The molecule has 114 valence electrons. The van der Waals surface area contributed by atoms with Crippen molar-refractivity contribution in [2.75, 3.05) is 26.2 Å². The lowest BCUT2D eigenvalue weighted by Crippen LogP contribution is -2.45. The monoisotopic (exact) mass is 280 g/mol. The van der Waals surface area contributed by atoms with E-state index in [2.05, 4.69) is 10.2 Å². The molecule has 4 nitrogen and oxygen atoms in total. The van der Waals surface area contributed by atoms with Crippen molar-refractivity contribution in [3.63, 3.8) is 0 Å². The Hall–Kier alpha value is -0.610. The summed E-state index contributed by atoms with van der Waals surface area (Å²) in [6.07, 6.45) is 10.4. The summed E-state index contributed by atoms with van der Waals surface area (Å²) in [5.74, 6) is 0.971. The van der Waals surface area contributed by atoms with Crippen LogP contribution in [0.15, 0.2) is 0 Å². The van der Waals surface area contributed by atoms with E-state index in [4.69, 9.17) is 4.74 Å². The van der Waals surface area contributed by atoms with Crippen LogP contribution in [0, 0.1) is 5.92 Å². The van der Waals surface area contributed by atoms with Gasteiger partial charge in [0.25, 0.3) is 0 Å². The van der Waals surface area contributed by atoms with Crippen molar-refractivity contribution >= 4 is 5.91 Å². The van der Waals surface area contributed by atoms with Gasteiger partial charge in [-0.2, -0.15) is 0 Å². The van der Waals surface area contributed by atoms with Gasteiger partial charge in [-0.3, -0.25) is 9.69 Å².